The molecule has 0 N–H and O–H groups in total. The summed E-state index contributed by atoms with van der Waals surface area (Å²) >= 11 is 0. The molecule has 7 nitrogen and oxygen atoms in total. The molecule has 45 heavy (non-hydrogen) atoms. The second kappa shape index (κ2) is 22.0. The van der Waals surface area contributed by atoms with Gasteiger partial charge in [-0.2, -0.15) is 0 Å². The summed E-state index contributed by atoms with van der Waals surface area (Å²) in [5.41, 5.74) is 0. The molecule has 0 saturated heterocycles. The zero-order valence-corrected chi connectivity index (χ0v) is 35.0. The molecule has 6 unspecified atom stereocenters. The molecule has 0 aromatic carbocycles. The van der Waals surface area contributed by atoms with Crippen molar-refractivity contribution in [2.24, 2.45) is 35.5 Å². The minimum Gasteiger partial charge on any atom is -0.349 e. The Bertz CT molecular complexity index is 596. The molecule has 0 spiro atoms. The number of hydrogen-bond donors (Lipinski definition) is 0. The zero-order valence-electron chi connectivity index (χ0n) is 33.0. The van der Waals surface area contributed by atoms with Gasteiger partial charge in [-0.25, -0.2) is 0 Å². The van der Waals surface area contributed by atoms with E-state index in [0.29, 0.717) is 35.5 Å². The van der Waals surface area contributed by atoms with Crippen LogP contribution in [0.2, 0.25) is 0 Å². The van der Waals surface area contributed by atoms with Crippen molar-refractivity contribution in [3.8, 4) is 0 Å². The quantitative estimate of drug-likeness (QED) is 0.0844. The summed E-state index contributed by atoms with van der Waals surface area (Å²) in [6, 6.07) is 0. The molecular weight excluding hydrogens is 601 g/mol. The first-order valence-corrected chi connectivity index (χ1v) is 21.6. The highest BCUT2D eigenvalue weighted by Crippen LogP contribution is 2.33. The van der Waals surface area contributed by atoms with Gasteiger partial charge in [-0.15, -0.1) is 0 Å². The van der Waals surface area contributed by atoms with Crippen molar-refractivity contribution in [2.75, 3.05) is 0 Å². The molecule has 0 radical (unpaired) electrons. The zero-order chi connectivity index (χ0) is 35.1. The van der Waals surface area contributed by atoms with Crippen LogP contribution in [-0.2, 0) is 30.7 Å². The summed E-state index contributed by atoms with van der Waals surface area (Å²) in [6.07, 6.45) is 4.12. The maximum absolute atomic E-state index is 7.28. The van der Waals surface area contributed by atoms with Gasteiger partial charge in [0.1, 0.15) is 0 Å². The lowest BCUT2D eigenvalue weighted by molar-refractivity contribution is -0.122. The van der Waals surface area contributed by atoms with Gasteiger partial charge in [0.15, 0.2) is 0 Å². The highest BCUT2D eigenvalue weighted by Gasteiger charge is 2.63. The van der Waals surface area contributed by atoms with E-state index >= 15 is 0 Å². The Morgan fingerprint density at radius 3 is 0.511 bits per heavy atom. The van der Waals surface area contributed by atoms with Crippen molar-refractivity contribution in [3.05, 3.63) is 0 Å². The molecule has 0 amide bonds. The maximum atomic E-state index is 7.28. The molecular formula is C36H78O7Si2. The Hall–Kier alpha value is 0.154. The first-order chi connectivity index (χ1) is 20.6. The van der Waals surface area contributed by atoms with Crippen molar-refractivity contribution >= 4 is 18.1 Å². The van der Waals surface area contributed by atoms with Gasteiger partial charge in [-0.3, -0.25) is 0 Å². The first-order valence-electron chi connectivity index (χ1n) is 18.3. The average molecular weight is 679 g/mol. The third-order valence-electron chi connectivity index (χ3n) is 7.14. The Kier molecular flexibility index (Phi) is 22.1. The third kappa shape index (κ3) is 21.7. The molecule has 0 aliphatic carbocycles. The predicted molar refractivity (Wildman–Crippen MR) is 193 cm³/mol. The standard InChI is InChI=1S/C36H78O7Si2/c1-25(2)19-31(13)37-44(38-32(14)20-26(3)4,39-33(15)21-27(5)6)43-45(40-34(16)22-28(7)8,41-35(17)23-29(9)10)42-36(18)24-30(11)12/h25-36H,19-24H2,1-18H3. The van der Waals surface area contributed by atoms with Crippen LogP contribution in [0.25, 0.3) is 0 Å². The molecule has 0 aromatic rings. The first kappa shape index (κ1) is 45.2. The summed E-state index contributed by atoms with van der Waals surface area (Å²) in [5, 5.41) is 0. The SMILES string of the molecule is CC(C)CC(C)O[Si](OC(C)CC(C)C)(OC(C)CC(C)C)O[Si](OC(C)CC(C)C)(OC(C)CC(C)C)OC(C)CC(C)C. The topological polar surface area (TPSA) is 64.6 Å². The van der Waals surface area contributed by atoms with Crippen LogP contribution in [0.1, 0.15) is 163 Å². The monoisotopic (exact) mass is 679 g/mol. The van der Waals surface area contributed by atoms with Crippen LogP contribution < -0.4 is 0 Å². The van der Waals surface area contributed by atoms with E-state index in [1.807, 2.05) is 0 Å². The van der Waals surface area contributed by atoms with Crippen molar-refractivity contribution in [1.82, 2.24) is 0 Å². The molecule has 0 rings (SSSR count). The van der Waals surface area contributed by atoms with E-state index in [4.69, 9.17) is 30.7 Å². The van der Waals surface area contributed by atoms with Crippen molar-refractivity contribution in [1.29, 1.82) is 0 Å². The molecule has 9 heteroatoms. The lowest BCUT2D eigenvalue weighted by Crippen LogP contribution is -2.66. The van der Waals surface area contributed by atoms with E-state index in [0.717, 1.165) is 38.5 Å². The largest absolute Gasteiger partial charge is 0.674 e. The Morgan fingerprint density at radius 2 is 0.400 bits per heavy atom. The van der Waals surface area contributed by atoms with Crippen molar-refractivity contribution in [2.45, 2.75) is 200 Å². The van der Waals surface area contributed by atoms with E-state index in [-0.39, 0.29) is 36.6 Å². The summed E-state index contributed by atoms with van der Waals surface area (Å²) in [5.74, 6) is 2.59. The summed E-state index contributed by atoms with van der Waals surface area (Å²) < 4.78 is 49.1. The predicted octanol–water partition coefficient (Wildman–Crippen LogP) is 10.6. The lowest BCUT2D eigenvalue weighted by atomic mass is 10.1. The average Bonchev–Trinajstić information content (AvgIpc) is 2.74. The minimum absolute atomic E-state index is 0.157. The van der Waals surface area contributed by atoms with E-state index < -0.39 is 18.1 Å². The Labute approximate surface area is 283 Å². The van der Waals surface area contributed by atoms with E-state index in [9.17, 15) is 0 Å². The van der Waals surface area contributed by atoms with E-state index in [1.54, 1.807) is 0 Å². The molecule has 0 heterocycles. The smallest absolute Gasteiger partial charge is 0.349 e. The Balaban J connectivity index is 7.36. The second-order valence-corrected chi connectivity index (χ2v) is 20.7. The summed E-state index contributed by atoms with van der Waals surface area (Å²) in [4.78, 5) is 0. The normalized spacial score (nSPS) is 19.7. The molecule has 0 saturated carbocycles. The lowest BCUT2D eigenvalue weighted by Gasteiger charge is -2.42. The molecule has 272 valence electrons. The second-order valence-electron chi connectivity index (χ2n) is 16.5. The number of rotatable bonds is 26. The number of hydrogen-bond acceptors (Lipinski definition) is 7. The third-order valence-corrected chi connectivity index (χ3v) is 13.3. The van der Waals surface area contributed by atoms with Gasteiger partial charge in [0, 0.05) is 36.6 Å². The van der Waals surface area contributed by atoms with Gasteiger partial charge in [-0.05, 0) is 116 Å². The maximum Gasteiger partial charge on any atom is 0.674 e. The van der Waals surface area contributed by atoms with Crippen LogP contribution in [0.5, 0.6) is 0 Å². The van der Waals surface area contributed by atoms with E-state index in [2.05, 4.69) is 125 Å². The molecule has 0 bridgehead atoms. The minimum atomic E-state index is -3.95. The van der Waals surface area contributed by atoms with Crippen LogP contribution in [0.15, 0.2) is 0 Å². The Morgan fingerprint density at radius 1 is 0.267 bits per heavy atom. The van der Waals surface area contributed by atoms with Crippen LogP contribution in [0.3, 0.4) is 0 Å². The fraction of sp³-hybridized carbons (Fsp3) is 1.00. The fourth-order valence-electron chi connectivity index (χ4n) is 6.21. The summed E-state index contributed by atoms with van der Waals surface area (Å²) in [6.45, 7) is 39.0. The van der Waals surface area contributed by atoms with Gasteiger partial charge < -0.3 is 30.7 Å². The van der Waals surface area contributed by atoms with Crippen LogP contribution in [0, 0.1) is 35.5 Å². The van der Waals surface area contributed by atoms with Crippen LogP contribution in [0.4, 0.5) is 0 Å². The molecule has 0 fully saturated rings. The van der Waals surface area contributed by atoms with Crippen LogP contribution in [-0.4, -0.2) is 54.7 Å². The molecule has 6 atom stereocenters. The highest BCUT2D eigenvalue weighted by atomic mass is 28.5. The van der Waals surface area contributed by atoms with E-state index in [1.165, 1.54) is 0 Å². The fourth-order valence-corrected chi connectivity index (χ4v) is 12.5. The van der Waals surface area contributed by atoms with Gasteiger partial charge in [0.2, 0.25) is 0 Å². The van der Waals surface area contributed by atoms with Crippen LogP contribution >= 0.6 is 0 Å². The van der Waals surface area contributed by atoms with Crippen molar-refractivity contribution in [3.63, 3.8) is 0 Å². The van der Waals surface area contributed by atoms with Crippen molar-refractivity contribution < 1.29 is 30.7 Å². The van der Waals surface area contributed by atoms with Gasteiger partial charge in [-0.1, -0.05) is 83.1 Å². The van der Waals surface area contributed by atoms with Gasteiger partial charge in [0.05, 0.1) is 0 Å². The molecule has 0 aliphatic rings. The van der Waals surface area contributed by atoms with Gasteiger partial charge >= 0.3 is 18.1 Å². The van der Waals surface area contributed by atoms with Gasteiger partial charge in [0.25, 0.3) is 0 Å². The summed E-state index contributed by atoms with van der Waals surface area (Å²) in [7, 11) is -7.91. The molecule has 0 aliphatic heterocycles. The molecule has 0 aromatic heterocycles. The highest BCUT2D eigenvalue weighted by molar-refractivity contribution is 6.68.